The van der Waals surface area contributed by atoms with E-state index in [1.54, 1.807) is 4.90 Å². The van der Waals surface area contributed by atoms with Crippen LogP contribution in [0.25, 0.3) is 11.1 Å². The molecule has 3 aromatic carbocycles. The van der Waals surface area contributed by atoms with Crippen molar-refractivity contribution in [3.63, 3.8) is 0 Å². The standard InChI is InChI=1S/C32H39NO7S/c1-23(24-12-7-6-8-13-24)33(31(34)40-32(2,3)4)18-11-15-26-20-29-30(38-22-37-29)21-28(26)27-16-10-9-14-25(27)17-19-39-41(5,35)36/h6-10,12-14,16,20-21,23H,11,15,17-19,22H2,1-5H3/t23-/m0/s1. The van der Waals surface area contributed by atoms with Gasteiger partial charge in [-0.2, -0.15) is 8.42 Å². The van der Waals surface area contributed by atoms with Gasteiger partial charge in [-0.1, -0.05) is 54.6 Å². The van der Waals surface area contributed by atoms with Crippen molar-refractivity contribution >= 4 is 16.2 Å². The lowest BCUT2D eigenvalue weighted by molar-refractivity contribution is 0.0171. The Hall–Kier alpha value is -3.56. The second kappa shape index (κ2) is 13.0. The van der Waals surface area contributed by atoms with Crippen molar-refractivity contribution in [3.8, 4) is 22.6 Å². The van der Waals surface area contributed by atoms with Crippen LogP contribution in [-0.4, -0.2) is 51.2 Å². The fourth-order valence-electron chi connectivity index (χ4n) is 4.86. The summed E-state index contributed by atoms with van der Waals surface area (Å²) in [6, 6.07) is 21.6. The molecule has 220 valence electrons. The molecule has 0 N–H and O–H groups in total. The van der Waals surface area contributed by atoms with Gasteiger partial charge >= 0.3 is 6.09 Å². The molecule has 4 rings (SSSR count). The van der Waals surface area contributed by atoms with Crippen molar-refractivity contribution in [2.24, 2.45) is 0 Å². The highest BCUT2D eigenvalue weighted by molar-refractivity contribution is 7.85. The van der Waals surface area contributed by atoms with Crippen molar-refractivity contribution in [2.45, 2.75) is 58.6 Å². The number of hydrogen-bond donors (Lipinski definition) is 0. The van der Waals surface area contributed by atoms with Gasteiger partial charge in [0.2, 0.25) is 6.79 Å². The van der Waals surface area contributed by atoms with Crippen LogP contribution < -0.4 is 9.47 Å². The molecule has 1 atom stereocenters. The van der Waals surface area contributed by atoms with E-state index in [1.165, 1.54) is 0 Å². The van der Waals surface area contributed by atoms with Crippen LogP contribution in [0, 0.1) is 0 Å². The molecule has 0 fully saturated rings. The molecule has 8 nitrogen and oxygen atoms in total. The van der Waals surface area contributed by atoms with Gasteiger partial charge in [-0.3, -0.25) is 4.18 Å². The van der Waals surface area contributed by atoms with Crippen molar-refractivity contribution in [2.75, 3.05) is 26.2 Å². The lowest BCUT2D eigenvalue weighted by atomic mass is 9.91. The number of aryl methyl sites for hydroxylation is 1. The summed E-state index contributed by atoms with van der Waals surface area (Å²) in [7, 11) is -3.53. The number of amides is 1. The molecule has 9 heteroatoms. The molecule has 41 heavy (non-hydrogen) atoms. The first-order valence-electron chi connectivity index (χ1n) is 13.8. The predicted octanol–water partition coefficient (Wildman–Crippen LogP) is 6.53. The lowest BCUT2D eigenvalue weighted by Crippen LogP contribution is -2.39. The summed E-state index contributed by atoms with van der Waals surface area (Å²) in [5.41, 5.74) is 4.38. The highest BCUT2D eigenvalue weighted by atomic mass is 32.2. The monoisotopic (exact) mass is 581 g/mol. The smallest absolute Gasteiger partial charge is 0.410 e. The fraction of sp³-hybridized carbons (Fsp3) is 0.406. The van der Waals surface area contributed by atoms with Crippen molar-refractivity contribution in [1.29, 1.82) is 0 Å². The first kappa shape index (κ1) is 30.4. The lowest BCUT2D eigenvalue weighted by Gasteiger charge is -2.32. The molecule has 0 saturated carbocycles. The van der Waals surface area contributed by atoms with Crippen LogP contribution in [0.5, 0.6) is 11.5 Å². The molecule has 1 aliphatic heterocycles. The van der Waals surface area contributed by atoms with Crippen LogP contribution in [-0.2, 0) is 31.9 Å². The first-order valence-corrected chi connectivity index (χ1v) is 15.6. The van der Waals surface area contributed by atoms with E-state index in [4.69, 9.17) is 18.4 Å². The van der Waals surface area contributed by atoms with E-state index in [1.807, 2.05) is 94.4 Å². The van der Waals surface area contributed by atoms with Crippen LogP contribution in [0.1, 0.15) is 56.8 Å². The zero-order valence-corrected chi connectivity index (χ0v) is 25.2. The van der Waals surface area contributed by atoms with Gasteiger partial charge in [0.05, 0.1) is 18.9 Å². The molecule has 0 radical (unpaired) electrons. The minimum atomic E-state index is -3.53. The topological polar surface area (TPSA) is 91.4 Å². The minimum Gasteiger partial charge on any atom is -0.454 e. The van der Waals surface area contributed by atoms with Gasteiger partial charge in [0.15, 0.2) is 11.5 Å². The van der Waals surface area contributed by atoms with Crippen molar-refractivity contribution in [3.05, 3.63) is 83.4 Å². The van der Waals surface area contributed by atoms with Crippen LogP contribution >= 0.6 is 0 Å². The highest BCUT2D eigenvalue weighted by Crippen LogP contribution is 2.40. The molecule has 0 aliphatic carbocycles. The molecule has 0 aromatic heterocycles. The molecule has 0 unspecified atom stereocenters. The van der Waals surface area contributed by atoms with Crippen LogP contribution in [0.2, 0.25) is 0 Å². The first-order chi connectivity index (χ1) is 19.4. The van der Waals surface area contributed by atoms with Crippen LogP contribution in [0.3, 0.4) is 0 Å². The second-order valence-electron chi connectivity index (χ2n) is 11.2. The molecule has 0 spiro atoms. The summed E-state index contributed by atoms with van der Waals surface area (Å²) >= 11 is 0. The second-order valence-corrected chi connectivity index (χ2v) is 12.8. The Morgan fingerprint density at radius 2 is 1.59 bits per heavy atom. The van der Waals surface area contributed by atoms with Crippen LogP contribution in [0.4, 0.5) is 4.79 Å². The molecule has 1 heterocycles. The quantitative estimate of drug-likeness (QED) is 0.238. The van der Waals surface area contributed by atoms with E-state index in [2.05, 4.69) is 0 Å². The number of carbonyl (C=O) groups excluding carboxylic acids is 1. The maximum absolute atomic E-state index is 13.3. The number of nitrogens with zero attached hydrogens (tertiary/aromatic N) is 1. The van der Waals surface area contributed by atoms with E-state index in [0.717, 1.165) is 34.1 Å². The number of benzene rings is 3. The summed E-state index contributed by atoms with van der Waals surface area (Å²) in [5.74, 6) is 1.35. The third-order valence-corrected chi connectivity index (χ3v) is 7.39. The van der Waals surface area contributed by atoms with E-state index < -0.39 is 15.7 Å². The maximum atomic E-state index is 13.3. The molecular weight excluding hydrogens is 542 g/mol. The van der Waals surface area contributed by atoms with Gasteiger partial charge in [-0.05, 0) is 86.9 Å². The Balaban J connectivity index is 1.59. The highest BCUT2D eigenvalue weighted by Gasteiger charge is 2.27. The number of rotatable bonds is 11. The summed E-state index contributed by atoms with van der Waals surface area (Å²) in [6.07, 6.45) is 2.48. The van der Waals surface area contributed by atoms with Gasteiger partial charge in [0, 0.05) is 6.54 Å². The van der Waals surface area contributed by atoms with Gasteiger partial charge < -0.3 is 19.1 Å². The number of fused-ring (bicyclic) bond motifs is 1. The van der Waals surface area contributed by atoms with Gasteiger partial charge in [-0.25, -0.2) is 4.79 Å². The minimum absolute atomic E-state index is 0.0535. The number of hydrogen-bond acceptors (Lipinski definition) is 7. The normalized spacial score (nSPS) is 13.6. The van der Waals surface area contributed by atoms with Crippen LogP contribution in [0.15, 0.2) is 66.7 Å². The number of ether oxygens (including phenoxy) is 3. The zero-order chi connectivity index (χ0) is 29.6. The Morgan fingerprint density at radius 3 is 2.27 bits per heavy atom. The summed E-state index contributed by atoms with van der Waals surface area (Å²) in [4.78, 5) is 15.1. The zero-order valence-electron chi connectivity index (χ0n) is 24.4. The number of carbonyl (C=O) groups is 1. The molecular formula is C32H39NO7S. The Kier molecular flexibility index (Phi) is 9.60. The Morgan fingerprint density at radius 1 is 0.927 bits per heavy atom. The van der Waals surface area contributed by atoms with E-state index in [0.29, 0.717) is 37.3 Å². The maximum Gasteiger partial charge on any atom is 0.410 e. The molecule has 0 saturated heterocycles. The third kappa shape index (κ3) is 8.47. The average Bonchev–Trinajstić information content (AvgIpc) is 3.37. The van der Waals surface area contributed by atoms with Crippen molar-refractivity contribution in [1.82, 2.24) is 4.90 Å². The van der Waals surface area contributed by atoms with Gasteiger partial charge in [0.1, 0.15) is 5.60 Å². The SMILES string of the molecule is C[C@@H](c1ccccc1)N(CCCc1cc2c(cc1-c1ccccc1CCOS(C)(=O)=O)OCO2)C(=O)OC(C)(C)C. The Labute approximate surface area is 243 Å². The molecule has 1 aliphatic rings. The van der Waals surface area contributed by atoms with Crippen molar-refractivity contribution < 1.29 is 31.6 Å². The predicted molar refractivity (Wildman–Crippen MR) is 159 cm³/mol. The van der Waals surface area contributed by atoms with E-state index >= 15 is 0 Å². The van der Waals surface area contributed by atoms with E-state index in [-0.39, 0.29) is 25.5 Å². The summed E-state index contributed by atoms with van der Waals surface area (Å²) in [6.45, 7) is 8.32. The summed E-state index contributed by atoms with van der Waals surface area (Å²) < 4.78 is 45.2. The van der Waals surface area contributed by atoms with E-state index in [9.17, 15) is 13.2 Å². The Bertz CT molecular complexity index is 1450. The molecule has 0 bridgehead atoms. The molecule has 3 aromatic rings. The summed E-state index contributed by atoms with van der Waals surface area (Å²) in [5, 5.41) is 0. The van der Waals surface area contributed by atoms with Gasteiger partial charge in [-0.15, -0.1) is 0 Å². The molecule has 1 amide bonds. The fourth-order valence-corrected chi connectivity index (χ4v) is 5.25. The largest absolute Gasteiger partial charge is 0.454 e. The third-order valence-electron chi connectivity index (χ3n) is 6.80. The average molecular weight is 582 g/mol. The van der Waals surface area contributed by atoms with Gasteiger partial charge in [0.25, 0.3) is 10.1 Å².